The maximum atomic E-state index is 4.60. The lowest BCUT2D eigenvalue weighted by Gasteiger charge is -1.91. The smallest absolute Gasteiger partial charge is 0.126 e. The molecule has 0 saturated carbocycles. The van der Waals surface area contributed by atoms with Crippen molar-refractivity contribution in [1.29, 1.82) is 0 Å². The number of halogens is 1. The van der Waals surface area contributed by atoms with Gasteiger partial charge >= 0.3 is 0 Å². The number of rotatable bonds is 1. The number of benzene rings is 1. The molecule has 2 heterocycles. The normalized spacial score (nSPS) is 10.8. The Morgan fingerprint density at radius 2 is 2.12 bits per heavy atom. The van der Waals surface area contributed by atoms with Crippen LogP contribution < -0.4 is 0 Å². The van der Waals surface area contributed by atoms with Crippen LogP contribution in [0.3, 0.4) is 0 Å². The standard InChI is InChI=1S/C12H7IN2S/c13-9-3-4-10-11(6-9)16-12(15-10)8-2-1-5-14-7-8/h1-7H. The molecule has 3 aromatic rings. The van der Waals surface area contributed by atoms with Gasteiger partial charge in [-0.15, -0.1) is 11.3 Å². The van der Waals surface area contributed by atoms with Crippen molar-refractivity contribution < 1.29 is 0 Å². The molecule has 0 saturated heterocycles. The van der Waals surface area contributed by atoms with Crippen LogP contribution in [-0.4, -0.2) is 9.97 Å². The summed E-state index contributed by atoms with van der Waals surface area (Å²) in [6, 6.07) is 10.3. The molecular weight excluding hydrogens is 331 g/mol. The highest BCUT2D eigenvalue weighted by atomic mass is 127. The lowest BCUT2D eigenvalue weighted by molar-refractivity contribution is 1.32. The van der Waals surface area contributed by atoms with Crippen molar-refractivity contribution in [2.45, 2.75) is 0 Å². The van der Waals surface area contributed by atoms with Crippen LogP contribution in [0, 0.1) is 3.57 Å². The van der Waals surface area contributed by atoms with Crippen LogP contribution in [0.5, 0.6) is 0 Å². The van der Waals surface area contributed by atoms with Crippen LogP contribution in [0.15, 0.2) is 42.7 Å². The molecule has 4 heteroatoms. The maximum Gasteiger partial charge on any atom is 0.126 e. The lowest BCUT2D eigenvalue weighted by atomic mass is 10.3. The Bertz CT molecular complexity index is 634. The molecule has 0 aliphatic heterocycles. The van der Waals surface area contributed by atoms with Crippen molar-refractivity contribution >= 4 is 44.1 Å². The number of hydrogen-bond acceptors (Lipinski definition) is 3. The van der Waals surface area contributed by atoms with E-state index in [1.807, 2.05) is 18.3 Å². The largest absolute Gasteiger partial charge is 0.264 e. The third kappa shape index (κ3) is 1.82. The van der Waals surface area contributed by atoms with Gasteiger partial charge in [0, 0.05) is 21.5 Å². The van der Waals surface area contributed by atoms with Gasteiger partial charge in [-0.25, -0.2) is 4.98 Å². The van der Waals surface area contributed by atoms with Gasteiger partial charge in [0.15, 0.2) is 0 Å². The highest BCUT2D eigenvalue weighted by molar-refractivity contribution is 14.1. The van der Waals surface area contributed by atoms with Gasteiger partial charge in [0.2, 0.25) is 0 Å². The predicted octanol–water partition coefficient (Wildman–Crippen LogP) is 3.96. The topological polar surface area (TPSA) is 25.8 Å². The van der Waals surface area contributed by atoms with E-state index >= 15 is 0 Å². The maximum absolute atomic E-state index is 4.60. The highest BCUT2D eigenvalue weighted by Crippen LogP contribution is 2.30. The monoisotopic (exact) mass is 338 g/mol. The van der Waals surface area contributed by atoms with E-state index in [0.29, 0.717) is 0 Å². The third-order valence-electron chi connectivity index (χ3n) is 2.26. The van der Waals surface area contributed by atoms with E-state index in [0.717, 1.165) is 16.1 Å². The number of nitrogens with zero attached hydrogens (tertiary/aromatic N) is 2. The Balaban J connectivity index is 2.19. The molecule has 0 aliphatic rings. The van der Waals surface area contributed by atoms with E-state index in [2.05, 4.69) is 50.8 Å². The van der Waals surface area contributed by atoms with Crippen LogP contribution >= 0.6 is 33.9 Å². The van der Waals surface area contributed by atoms with Gasteiger partial charge in [-0.1, -0.05) is 0 Å². The fourth-order valence-electron chi connectivity index (χ4n) is 1.51. The summed E-state index contributed by atoms with van der Waals surface area (Å²) >= 11 is 4.03. The molecule has 0 spiro atoms. The summed E-state index contributed by atoms with van der Waals surface area (Å²) < 4.78 is 2.47. The molecule has 0 amide bonds. The van der Waals surface area contributed by atoms with Crippen LogP contribution in [-0.2, 0) is 0 Å². The Morgan fingerprint density at radius 1 is 1.19 bits per heavy atom. The second kappa shape index (κ2) is 4.10. The fraction of sp³-hybridized carbons (Fsp3) is 0. The molecule has 0 atom stereocenters. The number of thiazole rings is 1. The first-order valence-electron chi connectivity index (χ1n) is 4.79. The van der Waals surface area contributed by atoms with E-state index in [9.17, 15) is 0 Å². The number of fused-ring (bicyclic) bond motifs is 1. The summed E-state index contributed by atoms with van der Waals surface area (Å²) in [5.41, 5.74) is 2.14. The van der Waals surface area contributed by atoms with E-state index < -0.39 is 0 Å². The van der Waals surface area contributed by atoms with Crippen LogP contribution in [0.1, 0.15) is 0 Å². The molecule has 78 valence electrons. The molecule has 0 fully saturated rings. The van der Waals surface area contributed by atoms with Crippen LogP contribution in [0.25, 0.3) is 20.8 Å². The Hall–Kier alpha value is -1.01. The third-order valence-corrected chi connectivity index (χ3v) is 4.00. The van der Waals surface area contributed by atoms with Crippen molar-refractivity contribution in [1.82, 2.24) is 9.97 Å². The van der Waals surface area contributed by atoms with Gasteiger partial charge in [0.25, 0.3) is 0 Å². The Kier molecular flexibility index (Phi) is 2.61. The number of pyridine rings is 1. The minimum absolute atomic E-state index is 1.03. The zero-order valence-corrected chi connectivity index (χ0v) is 11.2. The minimum Gasteiger partial charge on any atom is -0.264 e. The molecule has 0 unspecified atom stereocenters. The molecule has 0 N–H and O–H groups in total. The molecule has 0 radical (unpaired) electrons. The van der Waals surface area contributed by atoms with Gasteiger partial charge in [0.05, 0.1) is 10.2 Å². The second-order valence-corrected chi connectivity index (χ2v) is 5.65. The van der Waals surface area contributed by atoms with Gasteiger partial charge in [0.1, 0.15) is 5.01 Å². The SMILES string of the molecule is Ic1ccc2nc(-c3cccnc3)sc2c1. The molecule has 2 nitrogen and oxygen atoms in total. The first-order chi connectivity index (χ1) is 7.83. The summed E-state index contributed by atoms with van der Waals surface area (Å²) in [6.07, 6.45) is 3.63. The van der Waals surface area contributed by atoms with Gasteiger partial charge in [-0.2, -0.15) is 0 Å². The number of hydrogen-bond donors (Lipinski definition) is 0. The van der Waals surface area contributed by atoms with E-state index in [-0.39, 0.29) is 0 Å². The van der Waals surface area contributed by atoms with Crippen molar-refractivity contribution in [3.63, 3.8) is 0 Å². The summed E-state index contributed by atoms with van der Waals surface area (Å²) in [4.78, 5) is 8.71. The van der Waals surface area contributed by atoms with E-state index in [1.54, 1.807) is 17.5 Å². The lowest BCUT2D eigenvalue weighted by Crippen LogP contribution is -1.76. The summed E-state index contributed by atoms with van der Waals surface area (Å²) in [5, 5.41) is 1.03. The summed E-state index contributed by atoms with van der Waals surface area (Å²) in [6.45, 7) is 0. The molecule has 2 aromatic heterocycles. The van der Waals surface area contributed by atoms with Crippen LogP contribution in [0.2, 0.25) is 0 Å². The predicted molar refractivity (Wildman–Crippen MR) is 75.6 cm³/mol. The average molecular weight is 338 g/mol. The molecule has 1 aromatic carbocycles. The fourth-order valence-corrected chi connectivity index (χ4v) is 3.21. The van der Waals surface area contributed by atoms with Gasteiger partial charge in [-0.3, -0.25) is 4.98 Å². The van der Waals surface area contributed by atoms with Crippen molar-refractivity contribution in [2.24, 2.45) is 0 Å². The quantitative estimate of drug-likeness (QED) is 0.628. The molecule has 3 rings (SSSR count). The highest BCUT2D eigenvalue weighted by Gasteiger charge is 2.05. The summed E-state index contributed by atoms with van der Waals surface area (Å²) in [7, 11) is 0. The molecular formula is C12H7IN2S. The number of aromatic nitrogens is 2. The zero-order chi connectivity index (χ0) is 11.0. The van der Waals surface area contributed by atoms with Crippen molar-refractivity contribution in [2.75, 3.05) is 0 Å². The van der Waals surface area contributed by atoms with Crippen molar-refractivity contribution in [3.05, 3.63) is 46.3 Å². The zero-order valence-electron chi connectivity index (χ0n) is 8.22. The van der Waals surface area contributed by atoms with Gasteiger partial charge in [-0.05, 0) is 52.9 Å². The Labute approximate surface area is 111 Å². The van der Waals surface area contributed by atoms with E-state index in [1.165, 1.54) is 8.27 Å². The second-order valence-electron chi connectivity index (χ2n) is 3.37. The summed E-state index contributed by atoms with van der Waals surface area (Å²) in [5.74, 6) is 0. The average Bonchev–Trinajstić information content (AvgIpc) is 2.73. The van der Waals surface area contributed by atoms with E-state index in [4.69, 9.17) is 0 Å². The van der Waals surface area contributed by atoms with Gasteiger partial charge < -0.3 is 0 Å². The molecule has 0 bridgehead atoms. The van der Waals surface area contributed by atoms with Crippen LogP contribution in [0.4, 0.5) is 0 Å². The molecule has 0 aliphatic carbocycles. The minimum atomic E-state index is 1.03. The first-order valence-corrected chi connectivity index (χ1v) is 6.69. The molecule has 16 heavy (non-hydrogen) atoms. The Morgan fingerprint density at radius 3 is 2.94 bits per heavy atom. The van der Waals surface area contributed by atoms with Crippen molar-refractivity contribution in [3.8, 4) is 10.6 Å². The first kappa shape index (κ1) is 10.2.